The maximum absolute atomic E-state index is 11.3. The third kappa shape index (κ3) is 5.99. The first-order chi connectivity index (χ1) is 14.2. The number of thiazole rings is 1. The van der Waals surface area contributed by atoms with Gasteiger partial charge in [-0.2, -0.15) is 13.5 Å². The van der Waals surface area contributed by atoms with Crippen LogP contribution in [0.4, 0.5) is 11.4 Å². The lowest BCUT2D eigenvalue weighted by atomic mass is 9.88. The number of fused-ring (bicyclic) bond motifs is 1. The van der Waals surface area contributed by atoms with Gasteiger partial charge in [0, 0.05) is 23.5 Å². The molecule has 0 unspecified atom stereocenters. The number of nitrogens with zero attached hydrogens (tertiary/aromatic N) is 1. The van der Waals surface area contributed by atoms with Crippen molar-refractivity contribution in [3.8, 4) is 0 Å². The zero-order valence-corrected chi connectivity index (χ0v) is 20.6. The van der Waals surface area contributed by atoms with E-state index >= 15 is 0 Å². The van der Waals surface area contributed by atoms with Gasteiger partial charge in [-0.15, -0.1) is 11.3 Å². The molecule has 3 rings (SSSR count). The molecule has 2 aromatic carbocycles. The summed E-state index contributed by atoms with van der Waals surface area (Å²) in [5.74, 6) is -0.806. The van der Waals surface area contributed by atoms with Crippen molar-refractivity contribution in [1.82, 2.24) is 4.98 Å². The van der Waals surface area contributed by atoms with Crippen molar-refractivity contribution in [2.24, 2.45) is 0 Å². The van der Waals surface area contributed by atoms with Gasteiger partial charge in [-0.1, -0.05) is 19.1 Å². The second kappa shape index (κ2) is 10.5. The summed E-state index contributed by atoms with van der Waals surface area (Å²) in [6, 6.07) is 12.3. The molecule has 0 radical (unpaired) electrons. The summed E-state index contributed by atoms with van der Waals surface area (Å²) in [4.78, 5) is 15.8. The molecule has 1 aromatic heterocycles. The van der Waals surface area contributed by atoms with Crippen LogP contribution in [0.3, 0.4) is 0 Å². The monoisotopic (exact) mass is 460 g/mol. The average molecular weight is 461 g/mol. The number of carboxylic acid groups (broad SMARTS) is 1. The maximum atomic E-state index is 11.3. The van der Waals surface area contributed by atoms with Gasteiger partial charge in [0.1, 0.15) is 0 Å². The van der Waals surface area contributed by atoms with E-state index in [1.165, 1.54) is 0 Å². The zero-order chi connectivity index (χ0) is 21.9. The van der Waals surface area contributed by atoms with Crippen LogP contribution in [-0.2, 0) is 15.1 Å². The molecule has 5 nitrogen and oxygen atoms in total. The minimum absolute atomic E-state index is 0. The van der Waals surface area contributed by atoms with Crippen molar-refractivity contribution in [1.29, 1.82) is 0 Å². The van der Waals surface area contributed by atoms with Crippen LogP contribution in [0.1, 0.15) is 62.6 Å². The lowest BCUT2D eigenvalue weighted by molar-refractivity contribution is -0.137. The first-order valence-corrected chi connectivity index (χ1v) is 11.2. The Morgan fingerprint density at radius 1 is 1.23 bits per heavy atom. The lowest BCUT2D eigenvalue weighted by Crippen LogP contribution is -2.23. The molecular formula is C24H32N2O3S2. The number of aryl methyl sites for hydroxylation is 1. The summed E-state index contributed by atoms with van der Waals surface area (Å²) < 4.78 is 7.15. The molecular weight excluding hydrogens is 428 g/mol. The van der Waals surface area contributed by atoms with Crippen molar-refractivity contribution < 1.29 is 14.6 Å². The van der Waals surface area contributed by atoms with Crippen molar-refractivity contribution in [2.45, 2.75) is 59.0 Å². The number of aliphatic carboxylic acids is 1. The Morgan fingerprint density at radius 2 is 1.97 bits per heavy atom. The SMILES string of the molecule is CCOC(C)(C)c1ccc([C@@H](CC)CC(=O)O)cc1Nc1ccc2nc(C)sc2c1.S. The molecule has 0 spiro atoms. The van der Waals surface area contributed by atoms with E-state index in [0.29, 0.717) is 6.61 Å². The Labute approximate surface area is 195 Å². The quantitative estimate of drug-likeness (QED) is 0.372. The van der Waals surface area contributed by atoms with Gasteiger partial charge in [0.2, 0.25) is 0 Å². The molecule has 1 atom stereocenters. The van der Waals surface area contributed by atoms with E-state index in [1.54, 1.807) is 11.3 Å². The largest absolute Gasteiger partial charge is 0.481 e. The second-order valence-electron chi connectivity index (χ2n) is 7.99. The van der Waals surface area contributed by atoms with Crippen LogP contribution in [0.2, 0.25) is 0 Å². The van der Waals surface area contributed by atoms with Gasteiger partial charge in [-0.3, -0.25) is 4.79 Å². The summed E-state index contributed by atoms with van der Waals surface area (Å²) in [6.07, 6.45) is 0.891. The fourth-order valence-electron chi connectivity index (χ4n) is 3.86. The summed E-state index contributed by atoms with van der Waals surface area (Å²) in [7, 11) is 0. The molecule has 31 heavy (non-hydrogen) atoms. The van der Waals surface area contributed by atoms with Crippen molar-refractivity contribution in [3.63, 3.8) is 0 Å². The van der Waals surface area contributed by atoms with E-state index < -0.39 is 11.6 Å². The van der Waals surface area contributed by atoms with Crippen LogP contribution >= 0.6 is 24.8 Å². The minimum Gasteiger partial charge on any atom is -0.481 e. The van der Waals surface area contributed by atoms with Gasteiger partial charge in [-0.05, 0) is 69.9 Å². The highest BCUT2D eigenvalue weighted by molar-refractivity contribution is 7.59. The molecule has 0 bridgehead atoms. The Balaban J connectivity index is 0.00000341. The Bertz CT molecular complexity index is 1050. The normalized spacial score (nSPS) is 12.4. The van der Waals surface area contributed by atoms with E-state index in [1.807, 2.05) is 39.0 Å². The van der Waals surface area contributed by atoms with Gasteiger partial charge >= 0.3 is 5.97 Å². The lowest BCUT2D eigenvalue weighted by Gasteiger charge is -2.29. The number of carbonyl (C=O) groups is 1. The highest BCUT2D eigenvalue weighted by Crippen LogP contribution is 2.37. The molecule has 0 aliphatic heterocycles. The Morgan fingerprint density at radius 3 is 2.61 bits per heavy atom. The van der Waals surface area contributed by atoms with Crippen LogP contribution in [-0.4, -0.2) is 22.7 Å². The Kier molecular flexibility index (Phi) is 8.51. The fourth-order valence-corrected chi connectivity index (χ4v) is 4.73. The molecule has 0 fully saturated rings. The second-order valence-corrected chi connectivity index (χ2v) is 9.23. The third-order valence-corrected chi connectivity index (χ3v) is 6.29. The van der Waals surface area contributed by atoms with Crippen LogP contribution in [0.15, 0.2) is 36.4 Å². The van der Waals surface area contributed by atoms with Crippen LogP contribution < -0.4 is 5.32 Å². The number of ether oxygens (including phenoxy) is 1. The molecule has 0 amide bonds. The number of anilines is 2. The number of hydrogen-bond acceptors (Lipinski definition) is 5. The minimum atomic E-state index is -0.777. The number of nitrogens with one attached hydrogen (secondary N) is 1. The molecule has 168 valence electrons. The summed E-state index contributed by atoms with van der Waals surface area (Å²) in [6.45, 7) is 10.7. The molecule has 0 aliphatic rings. The van der Waals surface area contributed by atoms with Gasteiger partial charge in [0.25, 0.3) is 0 Å². The van der Waals surface area contributed by atoms with E-state index in [-0.39, 0.29) is 25.8 Å². The topological polar surface area (TPSA) is 71.5 Å². The fraction of sp³-hybridized carbons (Fsp3) is 0.417. The van der Waals surface area contributed by atoms with Gasteiger partial charge in [-0.25, -0.2) is 4.98 Å². The molecule has 2 N–H and O–H groups in total. The predicted molar refractivity (Wildman–Crippen MR) is 134 cm³/mol. The van der Waals surface area contributed by atoms with E-state index in [4.69, 9.17) is 4.74 Å². The van der Waals surface area contributed by atoms with Gasteiger partial charge in [0.05, 0.1) is 27.2 Å². The molecule has 0 saturated carbocycles. The van der Waals surface area contributed by atoms with Gasteiger partial charge < -0.3 is 15.2 Å². The van der Waals surface area contributed by atoms with Crippen LogP contribution in [0, 0.1) is 6.92 Å². The summed E-state index contributed by atoms with van der Waals surface area (Å²) in [5.41, 5.74) is 4.50. The predicted octanol–water partition coefficient (Wildman–Crippen LogP) is 6.70. The summed E-state index contributed by atoms with van der Waals surface area (Å²) >= 11 is 1.67. The number of rotatable bonds is 9. The number of hydrogen-bond donors (Lipinski definition) is 2. The molecule has 7 heteroatoms. The highest BCUT2D eigenvalue weighted by atomic mass is 32.1. The smallest absolute Gasteiger partial charge is 0.303 e. The van der Waals surface area contributed by atoms with E-state index in [2.05, 4.69) is 42.3 Å². The molecule has 1 heterocycles. The summed E-state index contributed by atoms with van der Waals surface area (Å²) in [5, 5.41) is 13.9. The molecule has 0 aliphatic carbocycles. The van der Waals surface area contributed by atoms with Gasteiger partial charge in [0.15, 0.2) is 0 Å². The van der Waals surface area contributed by atoms with Crippen molar-refractivity contribution >= 4 is 52.4 Å². The molecule has 3 aromatic rings. The van der Waals surface area contributed by atoms with Crippen molar-refractivity contribution in [2.75, 3.05) is 11.9 Å². The first-order valence-electron chi connectivity index (χ1n) is 10.4. The number of benzene rings is 2. The standard InChI is InChI=1S/C24H30N2O3S.H2S/c1-6-16(13-23(27)28)17-8-10-19(24(4,5)29-7-2)21(12-17)26-18-9-11-20-22(14-18)30-15(3)25-20;/h8-12,14,16,26H,6-7,13H2,1-5H3,(H,27,28);1H2/t16-;/m0./s1. The third-order valence-electron chi connectivity index (χ3n) is 5.36. The highest BCUT2D eigenvalue weighted by Gasteiger charge is 2.25. The Hall–Kier alpha value is -2.09. The maximum Gasteiger partial charge on any atom is 0.303 e. The number of carboxylic acids is 1. The first kappa shape index (κ1) is 25.2. The van der Waals surface area contributed by atoms with Crippen LogP contribution in [0.5, 0.6) is 0 Å². The molecule has 0 saturated heterocycles. The van der Waals surface area contributed by atoms with E-state index in [9.17, 15) is 9.90 Å². The van der Waals surface area contributed by atoms with Crippen LogP contribution in [0.25, 0.3) is 10.2 Å². The van der Waals surface area contributed by atoms with E-state index in [0.717, 1.165) is 44.1 Å². The van der Waals surface area contributed by atoms with Crippen molar-refractivity contribution in [3.05, 3.63) is 52.5 Å². The zero-order valence-electron chi connectivity index (χ0n) is 18.8. The number of aromatic nitrogens is 1. The average Bonchev–Trinajstić information content (AvgIpc) is 3.05.